The molecule has 0 radical (unpaired) electrons. The number of benzene rings is 1. The van der Waals surface area contributed by atoms with Crippen LogP contribution in [0.2, 0.25) is 0 Å². The molecule has 3 heterocycles. The molecule has 0 saturated carbocycles. The molecule has 1 aromatic carbocycles. The minimum absolute atomic E-state index is 0.115. The molecule has 3 aromatic rings. The van der Waals surface area contributed by atoms with Gasteiger partial charge in [0.1, 0.15) is 11.3 Å². The van der Waals surface area contributed by atoms with Gasteiger partial charge < -0.3 is 4.90 Å². The van der Waals surface area contributed by atoms with Crippen LogP contribution in [0.25, 0.3) is 11.0 Å². The highest BCUT2D eigenvalue weighted by molar-refractivity contribution is 5.94. The number of H-pyrrole nitrogens is 1. The number of aromatic amines is 1. The Labute approximate surface area is 179 Å². The zero-order valence-electron chi connectivity index (χ0n) is 17.1. The number of hydrogen-bond acceptors (Lipinski definition) is 5. The second-order valence-electron chi connectivity index (χ2n) is 7.65. The zero-order valence-corrected chi connectivity index (χ0v) is 17.1. The van der Waals surface area contributed by atoms with Gasteiger partial charge in [0.15, 0.2) is 0 Å². The van der Waals surface area contributed by atoms with Crippen LogP contribution in [0.3, 0.4) is 0 Å². The molecule has 32 heavy (non-hydrogen) atoms. The Kier molecular flexibility index (Phi) is 5.59. The van der Waals surface area contributed by atoms with Gasteiger partial charge in [-0.15, -0.1) is 0 Å². The first kappa shape index (κ1) is 21.8. The highest BCUT2D eigenvalue weighted by atomic mass is 19.4. The van der Waals surface area contributed by atoms with Gasteiger partial charge in [-0.25, -0.2) is 9.78 Å². The number of carbonyl (C=O) groups excluding carboxylic acids is 1. The first-order valence-electron chi connectivity index (χ1n) is 9.91. The van der Waals surface area contributed by atoms with E-state index in [9.17, 15) is 27.6 Å². The van der Waals surface area contributed by atoms with Crippen LogP contribution in [0, 0.1) is 0 Å². The van der Waals surface area contributed by atoms with E-state index in [2.05, 4.69) is 9.97 Å². The van der Waals surface area contributed by atoms with Crippen LogP contribution in [0.5, 0.6) is 0 Å². The van der Waals surface area contributed by atoms with Gasteiger partial charge in [-0.2, -0.15) is 13.2 Å². The Morgan fingerprint density at radius 2 is 1.81 bits per heavy atom. The Hall–Kier alpha value is -3.47. The number of aryl methyl sites for hydroxylation is 1. The molecule has 8 nitrogen and oxygen atoms in total. The number of pyridine rings is 1. The average molecular weight is 447 g/mol. The second kappa shape index (κ2) is 8.23. The molecule has 1 saturated heterocycles. The lowest BCUT2D eigenvalue weighted by Crippen LogP contribution is -2.48. The van der Waals surface area contributed by atoms with Crippen LogP contribution in [0.15, 0.2) is 46.0 Å². The molecule has 1 aliphatic rings. The molecule has 1 N–H and O–H groups in total. The molecule has 0 aliphatic carbocycles. The largest absolute Gasteiger partial charge is 0.416 e. The van der Waals surface area contributed by atoms with Gasteiger partial charge in [-0.05, 0) is 23.8 Å². The lowest BCUT2D eigenvalue weighted by molar-refractivity contribution is -0.137. The normalized spacial score (nSPS) is 15.3. The average Bonchev–Trinajstić information content (AvgIpc) is 2.77. The van der Waals surface area contributed by atoms with Gasteiger partial charge in [-0.3, -0.25) is 24.0 Å². The van der Waals surface area contributed by atoms with E-state index in [1.165, 1.54) is 29.8 Å². The van der Waals surface area contributed by atoms with Crippen molar-refractivity contribution in [2.24, 2.45) is 7.05 Å². The molecule has 4 rings (SSSR count). The van der Waals surface area contributed by atoms with E-state index < -0.39 is 23.0 Å². The number of hydrogen-bond donors (Lipinski definition) is 1. The van der Waals surface area contributed by atoms with Crippen LogP contribution in [-0.4, -0.2) is 56.4 Å². The third-order valence-electron chi connectivity index (χ3n) is 5.50. The first-order valence-corrected chi connectivity index (χ1v) is 9.91. The predicted octanol–water partition coefficient (Wildman–Crippen LogP) is 1.60. The van der Waals surface area contributed by atoms with E-state index >= 15 is 0 Å². The zero-order chi connectivity index (χ0) is 23.0. The van der Waals surface area contributed by atoms with E-state index in [0.29, 0.717) is 38.3 Å². The van der Waals surface area contributed by atoms with Crippen LogP contribution >= 0.6 is 0 Å². The van der Waals surface area contributed by atoms with Crippen molar-refractivity contribution < 1.29 is 18.0 Å². The van der Waals surface area contributed by atoms with Gasteiger partial charge in [0.2, 0.25) is 0 Å². The molecule has 11 heteroatoms. The Morgan fingerprint density at radius 3 is 2.50 bits per heavy atom. The summed E-state index contributed by atoms with van der Waals surface area (Å²) in [5.74, 6) is -0.335. The highest BCUT2D eigenvalue weighted by Crippen LogP contribution is 2.29. The number of carbonyl (C=O) groups is 1. The van der Waals surface area contributed by atoms with Gasteiger partial charge in [-0.1, -0.05) is 18.2 Å². The summed E-state index contributed by atoms with van der Waals surface area (Å²) in [7, 11) is 1.45. The number of nitrogens with zero attached hydrogens (tertiary/aromatic N) is 4. The van der Waals surface area contributed by atoms with Crippen molar-refractivity contribution in [3.8, 4) is 0 Å². The van der Waals surface area contributed by atoms with Gasteiger partial charge in [0.05, 0.1) is 10.9 Å². The summed E-state index contributed by atoms with van der Waals surface area (Å²) in [6, 6.07) is 8.12. The molecule has 0 bridgehead atoms. The van der Waals surface area contributed by atoms with Crippen molar-refractivity contribution in [1.29, 1.82) is 0 Å². The SMILES string of the molecule is Cn1c(=O)[nH]c(=O)c2ccc(C(=O)N3CCN(Cc4cccc(C(F)(F)F)c4)CC3)nc21. The fourth-order valence-electron chi connectivity index (χ4n) is 3.72. The predicted molar refractivity (Wildman–Crippen MR) is 110 cm³/mol. The van der Waals surface area contributed by atoms with Crippen molar-refractivity contribution in [1.82, 2.24) is 24.3 Å². The highest BCUT2D eigenvalue weighted by Gasteiger charge is 2.30. The van der Waals surface area contributed by atoms with Crippen LogP contribution in [0.4, 0.5) is 13.2 Å². The standard InChI is InChI=1S/C21H20F3N5O3/c1-27-17-15(18(30)26-20(27)32)5-6-16(25-17)19(31)29-9-7-28(8-10-29)12-13-3-2-4-14(11-13)21(22,23)24/h2-6,11H,7-10,12H2,1H3,(H,26,30,32). The Morgan fingerprint density at radius 1 is 1.09 bits per heavy atom. The number of halogens is 3. The van der Waals surface area contributed by atoms with Gasteiger partial charge in [0.25, 0.3) is 11.5 Å². The third kappa shape index (κ3) is 4.28. The molecule has 0 atom stereocenters. The molecular formula is C21H20F3N5O3. The number of piperazine rings is 1. The van der Waals surface area contributed by atoms with E-state index in [4.69, 9.17) is 0 Å². The van der Waals surface area contributed by atoms with Crippen molar-refractivity contribution in [2.75, 3.05) is 26.2 Å². The summed E-state index contributed by atoms with van der Waals surface area (Å²) >= 11 is 0. The molecule has 1 amide bonds. The second-order valence-corrected chi connectivity index (χ2v) is 7.65. The summed E-state index contributed by atoms with van der Waals surface area (Å²) in [5.41, 5.74) is -1.08. The summed E-state index contributed by atoms with van der Waals surface area (Å²) in [5, 5.41) is 0.203. The summed E-state index contributed by atoms with van der Waals surface area (Å²) < 4.78 is 39.9. The molecule has 1 aliphatic heterocycles. The number of rotatable bonds is 3. The number of nitrogens with one attached hydrogen (secondary N) is 1. The minimum atomic E-state index is -4.39. The molecule has 168 valence electrons. The topological polar surface area (TPSA) is 91.3 Å². The maximum absolute atomic E-state index is 12.9. The van der Waals surface area contributed by atoms with Crippen LogP contribution in [-0.2, 0) is 19.8 Å². The van der Waals surface area contributed by atoms with Crippen LogP contribution < -0.4 is 11.2 Å². The van der Waals surface area contributed by atoms with E-state index in [1.807, 2.05) is 4.90 Å². The van der Waals surface area contributed by atoms with E-state index in [0.717, 1.165) is 12.1 Å². The van der Waals surface area contributed by atoms with Gasteiger partial charge >= 0.3 is 11.9 Å². The third-order valence-corrected chi connectivity index (χ3v) is 5.50. The number of aromatic nitrogens is 3. The van der Waals surface area contributed by atoms with Crippen LogP contribution in [0.1, 0.15) is 21.6 Å². The number of fused-ring (bicyclic) bond motifs is 1. The fourth-order valence-corrected chi connectivity index (χ4v) is 3.72. The van der Waals surface area contributed by atoms with Crippen molar-refractivity contribution >= 4 is 16.9 Å². The summed E-state index contributed by atoms with van der Waals surface area (Å²) in [6.45, 7) is 2.10. The van der Waals surface area contributed by atoms with Crippen molar-refractivity contribution in [2.45, 2.75) is 12.7 Å². The maximum atomic E-state index is 12.9. The van der Waals surface area contributed by atoms with Crippen molar-refractivity contribution in [3.63, 3.8) is 0 Å². The van der Waals surface area contributed by atoms with E-state index in [-0.39, 0.29) is 22.6 Å². The molecule has 1 fully saturated rings. The molecule has 2 aromatic heterocycles. The first-order chi connectivity index (χ1) is 15.1. The molecular weight excluding hydrogens is 427 g/mol. The Bertz CT molecular complexity index is 1290. The minimum Gasteiger partial charge on any atom is -0.335 e. The summed E-state index contributed by atoms with van der Waals surface area (Å²) in [6.07, 6.45) is -4.39. The smallest absolute Gasteiger partial charge is 0.335 e. The van der Waals surface area contributed by atoms with Crippen molar-refractivity contribution in [3.05, 3.63) is 74.1 Å². The number of alkyl halides is 3. The molecule has 0 spiro atoms. The fraction of sp³-hybridized carbons (Fsp3) is 0.333. The lowest BCUT2D eigenvalue weighted by Gasteiger charge is -2.34. The number of amides is 1. The van der Waals surface area contributed by atoms with Gasteiger partial charge in [0, 0.05) is 39.8 Å². The quantitative estimate of drug-likeness (QED) is 0.659. The van der Waals surface area contributed by atoms with E-state index in [1.54, 1.807) is 11.0 Å². The summed E-state index contributed by atoms with van der Waals surface area (Å²) in [4.78, 5) is 46.6. The maximum Gasteiger partial charge on any atom is 0.416 e. The monoisotopic (exact) mass is 447 g/mol. The Balaban J connectivity index is 1.45. The molecule has 0 unspecified atom stereocenters. The lowest BCUT2D eigenvalue weighted by atomic mass is 10.1.